The van der Waals surface area contributed by atoms with Crippen LogP contribution < -0.4 is 15.5 Å². The largest absolute Gasteiger partial charge is 0.372 e. The number of nitrogens with zero attached hydrogens (tertiary/aromatic N) is 3. The second-order valence-corrected chi connectivity index (χ2v) is 9.13. The molecule has 1 aromatic carbocycles. The van der Waals surface area contributed by atoms with Gasteiger partial charge in [0.15, 0.2) is 0 Å². The monoisotopic (exact) mass is 435 g/mol. The number of carbonyl (C=O) groups is 1. The molecule has 1 fully saturated rings. The Morgan fingerprint density at radius 1 is 1.16 bits per heavy atom. The van der Waals surface area contributed by atoms with E-state index >= 15 is 0 Å². The number of rotatable bonds is 6. The summed E-state index contributed by atoms with van der Waals surface area (Å²) in [6, 6.07) is 11.9. The number of fused-ring (bicyclic) bond motifs is 1. The molecule has 2 unspecified atom stereocenters. The molecule has 2 N–H and O–H groups in total. The van der Waals surface area contributed by atoms with E-state index in [2.05, 4.69) is 71.1 Å². The van der Waals surface area contributed by atoms with Gasteiger partial charge >= 0.3 is 6.03 Å². The van der Waals surface area contributed by atoms with E-state index in [0.29, 0.717) is 12.5 Å². The molecule has 32 heavy (non-hydrogen) atoms. The van der Waals surface area contributed by atoms with Crippen LogP contribution in [0.3, 0.4) is 0 Å². The fourth-order valence-electron chi connectivity index (χ4n) is 4.26. The van der Waals surface area contributed by atoms with Crippen molar-refractivity contribution in [1.82, 2.24) is 14.9 Å². The van der Waals surface area contributed by atoms with E-state index in [1.54, 1.807) is 0 Å². The lowest BCUT2D eigenvalue weighted by atomic mass is 10.2. The van der Waals surface area contributed by atoms with Crippen LogP contribution in [-0.4, -0.2) is 40.9 Å². The molecule has 7 nitrogen and oxygen atoms in total. The topological polar surface area (TPSA) is 71.4 Å². The molecule has 3 heterocycles. The maximum atomic E-state index is 12.4. The van der Waals surface area contributed by atoms with Gasteiger partial charge in [-0.05, 0) is 55.7 Å². The van der Waals surface area contributed by atoms with E-state index < -0.39 is 0 Å². The minimum absolute atomic E-state index is 0.193. The molecule has 4 rings (SSSR count). The summed E-state index contributed by atoms with van der Waals surface area (Å²) in [7, 11) is 0. The Morgan fingerprint density at radius 2 is 1.94 bits per heavy atom. The molecular formula is C25H33N5O2. The number of amides is 2. The van der Waals surface area contributed by atoms with Crippen LogP contribution in [0.15, 0.2) is 48.8 Å². The van der Waals surface area contributed by atoms with Crippen molar-refractivity contribution in [3.8, 4) is 0 Å². The maximum absolute atomic E-state index is 12.4. The summed E-state index contributed by atoms with van der Waals surface area (Å²) in [5, 5.41) is 6.96. The molecule has 0 bridgehead atoms. The van der Waals surface area contributed by atoms with Gasteiger partial charge in [-0.25, -0.2) is 9.78 Å². The number of hydrogen-bond donors (Lipinski definition) is 2. The van der Waals surface area contributed by atoms with Crippen molar-refractivity contribution < 1.29 is 9.53 Å². The van der Waals surface area contributed by atoms with Crippen molar-refractivity contribution in [2.75, 3.05) is 23.3 Å². The average molecular weight is 436 g/mol. The first-order chi connectivity index (χ1) is 15.4. The molecule has 2 atom stereocenters. The number of hydrogen-bond acceptors (Lipinski definition) is 4. The predicted molar refractivity (Wildman–Crippen MR) is 129 cm³/mol. The Hall–Kier alpha value is -3.06. The number of aromatic nitrogens is 2. The van der Waals surface area contributed by atoms with Gasteiger partial charge < -0.3 is 24.8 Å². The lowest BCUT2D eigenvalue weighted by molar-refractivity contribution is -0.00546. The number of carbonyl (C=O) groups excluding carboxylic acids is 1. The highest BCUT2D eigenvalue weighted by Gasteiger charge is 2.23. The quantitative estimate of drug-likeness (QED) is 0.592. The van der Waals surface area contributed by atoms with E-state index in [0.717, 1.165) is 42.1 Å². The standard InChI is InChI=1S/C25H33N5O2/c1-17(2)14-29-10-9-21-11-22(6-7-23(21)29)28-25(31)27-13-20-5-8-24(26-12-20)30-15-18(3)32-19(4)16-30/h5-12,17-19H,13-16H2,1-4H3,(H2,27,28,31). The van der Waals surface area contributed by atoms with Crippen LogP contribution in [0.25, 0.3) is 10.9 Å². The Balaban J connectivity index is 1.31. The predicted octanol–water partition coefficient (Wildman–Crippen LogP) is 4.63. The molecule has 7 heteroatoms. The highest BCUT2D eigenvalue weighted by molar-refractivity contribution is 5.92. The first-order valence-corrected chi connectivity index (χ1v) is 11.4. The fourth-order valence-corrected chi connectivity index (χ4v) is 4.26. The number of ether oxygens (including phenoxy) is 1. The van der Waals surface area contributed by atoms with E-state index in [9.17, 15) is 4.79 Å². The average Bonchev–Trinajstić information content (AvgIpc) is 3.13. The molecule has 1 aliphatic heterocycles. The lowest BCUT2D eigenvalue weighted by Crippen LogP contribution is -2.45. The van der Waals surface area contributed by atoms with Gasteiger partial charge in [-0.15, -0.1) is 0 Å². The second-order valence-electron chi connectivity index (χ2n) is 9.13. The summed E-state index contributed by atoms with van der Waals surface area (Å²) >= 11 is 0. The first-order valence-electron chi connectivity index (χ1n) is 11.4. The number of anilines is 2. The Kier molecular flexibility index (Phi) is 6.65. The molecule has 0 aliphatic carbocycles. The van der Waals surface area contributed by atoms with Gasteiger partial charge in [-0.1, -0.05) is 19.9 Å². The van der Waals surface area contributed by atoms with Crippen molar-refractivity contribution in [3.05, 3.63) is 54.4 Å². The first kappa shape index (κ1) is 22.1. The van der Waals surface area contributed by atoms with Crippen molar-refractivity contribution in [3.63, 3.8) is 0 Å². The summed E-state index contributed by atoms with van der Waals surface area (Å²) < 4.78 is 8.04. The van der Waals surface area contributed by atoms with Gasteiger partial charge in [-0.3, -0.25) is 0 Å². The summed E-state index contributed by atoms with van der Waals surface area (Å²) in [5.41, 5.74) is 2.92. The smallest absolute Gasteiger partial charge is 0.319 e. The third-order valence-electron chi connectivity index (χ3n) is 5.60. The van der Waals surface area contributed by atoms with Crippen LogP contribution in [-0.2, 0) is 17.8 Å². The summed E-state index contributed by atoms with van der Waals surface area (Å²) in [5.74, 6) is 1.52. The molecule has 2 amide bonds. The third-order valence-corrected chi connectivity index (χ3v) is 5.60. The second kappa shape index (κ2) is 9.61. The fraction of sp³-hybridized carbons (Fsp3) is 0.440. The highest BCUT2D eigenvalue weighted by Crippen LogP contribution is 2.22. The van der Waals surface area contributed by atoms with E-state index in [1.807, 2.05) is 30.5 Å². The number of nitrogens with one attached hydrogen (secondary N) is 2. The zero-order valence-electron chi connectivity index (χ0n) is 19.3. The van der Waals surface area contributed by atoms with Crippen LogP contribution >= 0.6 is 0 Å². The van der Waals surface area contributed by atoms with Gasteiger partial charge in [0.25, 0.3) is 0 Å². The maximum Gasteiger partial charge on any atom is 0.319 e. The van der Waals surface area contributed by atoms with E-state index in [1.165, 1.54) is 5.52 Å². The third kappa shape index (κ3) is 5.40. The molecule has 170 valence electrons. The van der Waals surface area contributed by atoms with Gasteiger partial charge in [0.05, 0.1) is 12.2 Å². The Labute approximate surface area is 189 Å². The minimum Gasteiger partial charge on any atom is -0.372 e. The van der Waals surface area contributed by atoms with Crippen LogP contribution in [0.5, 0.6) is 0 Å². The normalized spacial score (nSPS) is 18.8. The molecule has 0 spiro atoms. The van der Waals surface area contributed by atoms with Crippen molar-refractivity contribution in [2.24, 2.45) is 5.92 Å². The molecule has 1 saturated heterocycles. The zero-order chi connectivity index (χ0) is 22.7. The molecule has 0 saturated carbocycles. The Morgan fingerprint density at radius 3 is 2.62 bits per heavy atom. The van der Waals surface area contributed by atoms with Crippen LogP contribution in [0.2, 0.25) is 0 Å². The summed E-state index contributed by atoms with van der Waals surface area (Å²) in [4.78, 5) is 19.2. The minimum atomic E-state index is -0.231. The molecule has 0 radical (unpaired) electrons. The number of benzene rings is 1. The number of morpholine rings is 1. The molecule has 2 aromatic heterocycles. The van der Waals surface area contributed by atoms with Gasteiger partial charge in [0.2, 0.25) is 0 Å². The number of urea groups is 1. The van der Waals surface area contributed by atoms with Crippen molar-refractivity contribution in [2.45, 2.75) is 53.0 Å². The van der Waals surface area contributed by atoms with Crippen molar-refractivity contribution >= 4 is 28.4 Å². The van der Waals surface area contributed by atoms with E-state index in [4.69, 9.17) is 4.74 Å². The zero-order valence-corrected chi connectivity index (χ0v) is 19.3. The number of pyridine rings is 1. The molecule has 3 aromatic rings. The molecule has 1 aliphatic rings. The summed E-state index contributed by atoms with van der Waals surface area (Å²) in [6.07, 6.45) is 4.31. The SMILES string of the molecule is CC(C)Cn1ccc2cc(NC(=O)NCc3ccc(N4CC(C)OC(C)C4)nc3)ccc21. The van der Waals surface area contributed by atoms with Crippen LogP contribution in [0.4, 0.5) is 16.3 Å². The highest BCUT2D eigenvalue weighted by atomic mass is 16.5. The van der Waals surface area contributed by atoms with Crippen molar-refractivity contribution in [1.29, 1.82) is 0 Å². The van der Waals surface area contributed by atoms with Crippen LogP contribution in [0, 0.1) is 5.92 Å². The van der Waals surface area contributed by atoms with Gasteiger partial charge in [0, 0.05) is 55.2 Å². The van der Waals surface area contributed by atoms with Gasteiger partial charge in [-0.2, -0.15) is 0 Å². The van der Waals surface area contributed by atoms with Crippen LogP contribution in [0.1, 0.15) is 33.3 Å². The Bertz CT molecular complexity index is 1050. The van der Waals surface area contributed by atoms with E-state index in [-0.39, 0.29) is 18.2 Å². The molecular weight excluding hydrogens is 402 g/mol. The summed E-state index contributed by atoms with van der Waals surface area (Å²) in [6.45, 7) is 11.6. The van der Waals surface area contributed by atoms with Gasteiger partial charge in [0.1, 0.15) is 5.82 Å². The lowest BCUT2D eigenvalue weighted by Gasteiger charge is -2.36.